The van der Waals surface area contributed by atoms with E-state index in [1.165, 1.54) is 81.4 Å². The Morgan fingerprint density at radius 1 is 0.511 bits per heavy atom. The molecule has 0 atom stereocenters. The lowest BCUT2D eigenvalue weighted by Gasteiger charge is -2.30. The number of hydrogen-bond donors (Lipinski definition) is 0. The number of nitrogens with zero attached hydrogens (tertiary/aromatic N) is 1. The molecule has 0 saturated carbocycles. The Bertz CT molecular complexity index is 2410. The third-order valence-corrected chi connectivity index (χ3v) is 10.8. The molecule has 0 amide bonds. The first-order valence-corrected chi connectivity index (χ1v) is 16.4. The van der Waals surface area contributed by atoms with E-state index in [0.29, 0.717) is 0 Å². The summed E-state index contributed by atoms with van der Waals surface area (Å²) in [6.45, 7) is 4.73. The van der Waals surface area contributed by atoms with Gasteiger partial charge in [-0.2, -0.15) is 0 Å². The summed E-state index contributed by atoms with van der Waals surface area (Å²) in [6.07, 6.45) is 0. The predicted molar refractivity (Wildman–Crippen MR) is 195 cm³/mol. The molecule has 214 valence electrons. The molecule has 0 spiro atoms. The van der Waals surface area contributed by atoms with E-state index in [9.17, 15) is 0 Å². The first-order chi connectivity index (χ1) is 22.1. The molecule has 0 aliphatic heterocycles. The van der Waals surface area contributed by atoms with E-state index in [1.54, 1.807) is 0 Å². The Balaban J connectivity index is 1.40. The first-order valence-electron chi connectivity index (χ1n) is 15.6. The zero-order chi connectivity index (χ0) is 30.1. The van der Waals surface area contributed by atoms with Gasteiger partial charge in [0.25, 0.3) is 0 Å². The van der Waals surface area contributed by atoms with E-state index in [1.807, 2.05) is 11.3 Å². The summed E-state index contributed by atoms with van der Waals surface area (Å²) in [5.41, 5.74) is 11.3. The van der Waals surface area contributed by atoms with Crippen molar-refractivity contribution in [3.63, 3.8) is 0 Å². The van der Waals surface area contributed by atoms with E-state index in [4.69, 9.17) is 0 Å². The number of hydrogen-bond acceptors (Lipinski definition) is 2. The van der Waals surface area contributed by atoms with Gasteiger partial charge in [0.15, 0.2) is 0 Å². The molecule has 1 aliphatic carbocycles. The van der Waals surface area contributed by atoms with Gasteiger partial charge in [0.2, 0.25) is 0 Å². The highest BCUT2D eigenvalue weighted by Gasteiger charge is 2.36. The van der Waals surface area contributed by atoms with Crippen molar-refractivity contribution >= 4 is 59.3 Å². The van der Waals surface area contributed by atoms with Gasteiger partial charge in [0.1, 0.15) is 0 Å². The number of benzene rings is 7. The monoisotopic (exact) mass is 593 g/mol. The molecule has 8 aromatic rings. The van der Waals surface area contributed by atoms with Crippen LogP contribution in [0, 0.1) is 0 Å². The van der Waals surface area contributed by atoms with Crippen LogP contribution in [-0.4, -0.2) is 0 Å². The van der Waals surface area contributed by atoms with Crippen LogP contribution < -0.4 is 4.90 Å². The summed E-state index contributed by atoms with van der Waals surface area (Å²) < 4.78 is 2.65. The second-order valence-electron chi connectivity index (χ2n) is 12.5. The van der Waals surface area contributed by atoms with Gasteiger partial charge >= 0.3 is 0 Å². The predicted octanol–water partition coefficient (Wildman–Crippen LogP) is 12.7. The highest BCUT2D eigenvalue weighted by atomic mass is 32.1. The first kappa shape index (κ1) is 26.2. The van der Waals surface area contributed by atoms with E-state index < -0.39 is 0 Å². The Morgan fingerprint density at radius 3 is 2.04 bits per heavy atom. The van der Waals surface area contributed by atoms with Crippen LogP contribution in [0.4, 0.5) is 17.1 Å². The van der Waals surface area contributed by atoms with Crippen LogP contribution in [0.1, 0.15) is 25.0 Å². The fourth-order valence-electron chi connectivity index (χ4n) is 7.48. The summed E-state index contributed by atoms with van der Waals surface area (Å²) in [6, 6.07) is 55.8. The highest BCUT2D eigenvalue weighted by Crippen LogP contribution is 2.53. The van der Waals surface area contributed by atoms with Crippen molar-refractivity contribution in [3.8, 4) is 22.3 Å². The molecule has 0 N–H and O–H groups in total. The Kier molecular flexibility index (Phi) is 5.78. The molecule has 0 fully saturated rings. The molecule has 1 heterocycles. The quantitative estimate of drug-likeness (QED) is 0.196. The number of fused-ring (bicyclic) bond motifs is 8. The van der Waals surface area contributed by atoms with Crippen molar-refractivity contribution in [1.82, 2.24) is 0 Å². The Morgan fingerprint density at radius 2 is 1.18 bits per heavy atom. The van der Waals surface area contributed by atoms with Gasteiger partial charge in [-0.15, -0.1) is 11.3 Å². The van der Waals surface area contributed by atoms with E-state index in [2.05, 4.69) is 170 Å². The fraction of sp³-hybridized carbons (Fsp3) is 0.0698. The maximum absolute atomic E-state index is 2.52. The number of para-hydroxylation sites is 1. The van der Waals surface area contributed by atoms with Crippen LogP contribution in [-0.2, 0) is 5.41 Å². The third-order valence-electron chi connectivity index (χ3n) is 9.65. The largest absolute Gasteiger partial charge is 0.309 e. The number of thiophene rings is 1. The van der Waals surface area contributed by atoms with Gasteiger partial charge in [-0.1, -0.05) is 135 Å². The van der Waals surface area contributed by atoms with Gasteiger partial charge in [-0.3, -0.25) is 0 Å². The van der Waals surface area contributed by atoms with Crippen molar-refractivity contribution < 1.29 is 0 Å². The average Bonchev–Trinajstić information content (AvgIpc) is 3.59. The van der Waals surface area contributed by atoms with Crippen LogP contribution in [0.3, 0.4) is 0 Å². The van der Waals surface area contributed by atoms with Crippen LogP contribution in [0.15, 0.2) is 152 Å². The minimum absolute atomic E-state index is 0.0969. The van der Waals surface area contributed by atoms with E-state index >= 15 is 0 Å². The lowest BCUT2D eigenvalue weighted by molar-refractivity contribution is 0.660. The molecule has 1 aliphatic rings. The van der Waals surface area contributed by atoms with Crippen molar-refractivity contribution in [2.24, 2.45) is 0 Å². The van der Waals surface area contributed by atoms with Crippen molar-refractivity contribution in [1.29, 1.82) is 0 Å². The maximum atomic E-state index is 2.52. The maximum Gasteiger partial charge on any atom is 0.0561 e. The second kappa shape index (κ2) is 9.92. The summed E-state index contributed by atoms with van der Waals surface area (Å²) in [5.74, 6) is 0. The molecule has 9 rings (SSSR count). The fourth-order valence-corrected chi connectivity index (χ4v) is 8.74. The zero-order valence-corrected chi connectivity index (χ0v) is 26.1. The lowest BCUT2D eigenvalue weighted by Crippen LogP contribution is -2.17. The van der Waals surface area contributed by atoms with Gasteiger partial charge in [-0.25, -0.2) is 0 Å². The molecule has 0 unspecified atom stereocenters. The minimum atomic E-state index is -0.0969. The number of anilines is 3. The molecular weight excluding hydrogens is 563 g/mol. The van der Waals surface area contributed by atoms with Gasteiger partial charge in [0, 0.05) is 36.8 Å². The van der Waals surface area contributed by atoms with Crippen molar-refractivity contribution in [3.05, 3.63) is 163 Å². The van der Waals surface area contributed by atoms with Gasteiger partial charge in [-0.05, 0) is 68.9 Å². The SMILES string of the molecule is CC1(C)c2ccccc2-c2ccc(N(c3ccccc3-c3ccccc3)c3cc4ccccc4c4sc5ccccc5c34)cc21. The zero-order valence-electron chi connectivity index (χ0n) is 25.3. The second-order valence-corrected chi connectivity index (χ2v) is 13.6. The van der Waals surface area contributed by atoms with E-state index in [-0.39, 0.29) is 5.41 Å². The summed E-state index contributed by atoms with van der Waals surface area (Å²) in [7, 11) is 0. The molecule has 0 radical (unpaired) electrons. The molecule has 7 aromatic carbocycles. The van der Waals surface area contributed by atoms with Crippen LogP contribution in [0.25, 0.3) is 53.2 Å². The molecule has 45 heavy (non-hydrogen) atoms. The average molecular weight is 594 g/mol. The summed E-state index contributed by atoms with van der Waals surface area (Å²) >= 11 is 1.90. The van der Waals surface area contributed by atoms with Crippen LogP contribution in [0.2, 0.25) is 0 Å². The van der Waals surface area contributed by atoms with Crippen molar-refractivity contribution in [2.45, 2.75) is 19.3 Å². The molecular formula is C43H31NS. The van der Waals surface area contributed by atoms with Gasteiger partial charge in [0.05, 0.1) is 11.4 Å². The van der Waals surface area contributed by atoms with Gasteiger partial charge < -0.3 is 4.90 Å². The molecule has 0 bridgehead atoms. The summed E-state index contributed by atoms with van der Waals surface area (Å²) in [4.78, 5) is 2.52. The third kappa shape index (κ3) is 3.92. The van der Waals surface area contributed by atoms with Crippen molar-refractivity contribution in [2.75, 3.05) is 4.90 Å². The topological polar surface area (TPSA) is 3.24 Å². The van der Waals surface area contributed by atoms with E-state index in [0.717, 1.165) is 0 Å². The number of rotatable bonds is 4. The molecule has 1 nitrogen and oxygen atoms in total. The van der Waals surface area contributed by atoms with Crippen LogP contribution >= 0.6 is 11.3 Å². The Hall–Kier alpha value is -5.18. The molecule has 1 aromatic heterocycles. The van der Waals surface area contributed by atoms with Crippen LogP contribution in [0.5, 0.6) is 0 Å². The normalized spacial score (nSPS) is 13.3. The minimum Gasteiger partial charge on any atom is -0.309 e. The highest BCUT2D eigenvalue weighted by molar-refractivity contribution is 7.26. The lowest BCUT2D eigenvalue weighted by atomic mass is 9.82. The summed E-state index contributed by atoms with van der Waals surface area (Å²) in [5, 5.41) is 5.16. The Labute approximate surface area is 267 Å². The standard InChI is InChI=1S/C43H31NS/c1-43(2)36-21-11-8-19-33(36)34-25-24-30(27-37(34)43)44(38-22-12-9-17-31(38)28-14-4-3-5-15-28)39-26-29-16-6-7-18-32(29)42-41(39)35-20-10-13-23-40(35)45-42/h3-27H,1-2H3. The molecule has 2 heteroatoms. The smallest absolute Gasteiger partial charge is 0.0561 e. The molecule has 0 saturated heterocycles.